The monoisotopic (exact) mass is 608 g/mol. The van der Waals surface area contributed by atoms with Crippen molar-refractivity contribution in [3.8, 4) is 5.75 Å². The highest BCUT2D eigenvalue weighted by Crippen LogP contribution is 2.36. The summed E-state index contributed by atoms with van der Waals surface area (Å²) >= 11 is 1.68. The Bertz CT molecular complexity index is 930. The molecule has 1 aromatic carbocycles. The van der Waals surface area contributed by atoms with Gasteiger partial charge in [0.1, 0.15) is 18.5 Å². The number of thioether (sulfide) groups is 1. The number of aliphatic carboxylic acids is 1. The molecule has 1 saturated carbocycles. The van der Waals surface area contributed by atoms with Crippen molar-refractivity contribution >= 4 is 17.7 Å². The van der Waals surface area contributed by atoms with E-state index in [0.717, 1.165) is 44.3 Å². The van der Waals surface area contributed by atoms with E-state index in [0.29, 0.717) is 45.5 Å². The van der Waals surface area contributed by atoms with Crippen molar-refractivity contribution in [3.63, 3.8) is 0 Å². The van der Waals surface area contributed by atoms with Crippen molar-refractivity contribution in [2.45, 2.75) is 113 Å². The molecule has 1 aromatic rings. The molecule has 9 nitrogen and oxygen atoms in total. The highest BCUT2D eigenvalue weighted by Gasteiger charge is 2.45. The zero-order valence-electron chi connectivity index (χ0n) is 24.8. The largest absolute Gasteiger partial charge is 0.491 e. The molecule has 0 bridgehead atoms. The number of aliphatic hydroxyl groups excluding tert-OH is 1. The lowest BCUT2D eigenvalue weighted by Crippen LogP contribution is -2.40. The summed E-state index contributed by atoms with van der Waals surface area (Å²) in [6.07, 6.45) is 12.2. The average Bonchev–Trinajstić information content (AvgIpc) is 3.30. The Morgan fingerprint density at radius 3 is 2.45 bits per heavy atom. The van der Waals surface area contributed by atoms with Gasteiger partial charge in [0.25, 0.3) is 0 Å². The van der Waals surface area contributed by atoms with Crippen LogP contribution in [0.25, 0.3) is 0 Å². The van der Waals surface area contributed by atoms with Crippen molar-refractivity contribution in [2.24, 2.45) is 5.92 Å². The maximum absolute atomic E-state index is 11.1. The molecular formula is C32H48O9S. The van der Waals surface area contributed by atoms with Gasteiger partial charge in [-0.2, -0.15) is 0 Å². The van der Waals surface area contributed by atoms with Crippen LogP contribution in [-0.4, -0.2) is 85.9 Å². The minimum absolute atomic E-state index is 0.148. The van der Waals surface area contributed by atoms with Gasteiger partial charge in [-0.05, 0) is 88.3 Å². The SMILES string of the molecule is CSc1ccc(OCC(COC2C(OC3CCCCO3)CC(O)C2C/C=C/CCCC(=O)O)OC2CCCCO2)cc1. The number of allylic oxidation sites excluding steroid dienone is 2. The van der Waals surface area contributed by atoms with Crippen LogP contribution in [0, 0.1) is 5.92 Å². The summed E-state index contributed by atoms with van der Waals surface area (Å²) in [4.78, 5) is 12.0. The molecule has 0 spiro atoms. The van der Waals surface area contributed by atoms with Crippen molar-refractivity contribution in [3.05, 3.63) is 36.4 Å². The molecule has 3 fully saturated rings. The molecule has 2 aliphatic heterocycles. The molecular weight excluding hydrogens is 560 g/mol. The van der Waals surface area contributed by atoms with Gasteiger partial charge < -0.3 is 38.6 Å². The Balaban J connectivity index is 1.40. The minimum atomic E-state index is -0.788. The normalized spacial score (nSPS) is 29.1. The first-order valence-electron chi connectivity index (χ1n) is 15.5. The molecule has 0 radical (unpaired) electrons. The number of hydrogen-bond donors (Lipinski definition) is 2. The van der Waals surface area contributed by atoms with E-state index < -0.39 is 12.1 Å². The molecule has 3 aliphatic rings. The fourth-order valence-corrected chi connectivity index (χ4v) is 6.10. The predicted octanol–water partition coefficient (Wildman–Crippen LogP) is 5.58. The molecule has 2 saturated heterocycles. The third-order valence-corrected chi connectivity index (χ3v) is 8.75. The Morgan fingerprint density at radius 2 is 1.79 bits per heavy atom. The lowest BCUT2D eigenvalue weighted by Gasteiger charge is -2.32. The van der Waals surface area contributed by atoms with E-state index >= 15 is 0 Å². The first-order chi connectivity index (χ1) is 20.5. The van der Waals surface area contributed by atoms with Crippen LogP contribution in [0.5, 0.6) is 5.75 Å². The molecule has 42 heavy (non-hydrogen) atoms. The Morgan fingerprint density at radius 1 is 1.05 bits per heavy atom. The number of ether oxygens (including phenoxy) is 6. The molecule has 2 heterocycles. The number of rotatable bonds is 17. The van der Waals surface area contributed by atoms with Crippen LogP contribution >= 0.6 is 11.8 Å². The highest BCUT2D eigenvalue weighted by atomic mass is 32.2. The fraction of sp³-hybridized carbons (Fsp3) is 0.719. The van der Waals surface area contributed by atoms with Crippen molar-refractivity contribution < 1.29 is 43.4 Å². The van der Waals surface area contributed by atoms with Gasteiger partial charge >= 0.3 is 5.97 Å². The maximum atomic E-state index is 11.1. The second-order valence-corrected chi connectivity index (χ2v) is 12.1. The Hall–Kier alpha value is -1.66. The van der Waals surface area contributed by atoms with Crippen LogP contribution in [0.15, 0.2) is 41.3 Å². The van der Waals surface area contributed by atoms with Gasteiger partial charge in [-0.15, -0.1) is 11.8 Å². The van der Waals surface area contributed by atoms with Crippen LogP contribution in [-0.2, 0) is 28.5 Å². The van der Waals surface area contributed by atoms with Crippen LogP contribution in [0.2, 0.25) is 0 Å². The Kier molecular flexibility index (Phi) is 14.4. The van der Waals surface area contributed by atoms with Crippen LogP contribution < -0.4 is 4.74 Å². The van der Waals surface area contributed by atoms with Crippen molar-refractivity contribution in [2.75, 3.05) is 32.7 Å². The molecule has 4 rings (SSSR count). The van der Waals surface area contributed by atoms with E-state index in [1.54, 1.807) is 11.8 Å². The Labute approximate surface area is 254 Å². The molecule has 0 aromatic heterocycles. The summed E-state index contributed by atoms with van der Waals surface area (Å²) in [7, 11) is 0. The summed E-state index contributed by atoms with van der Waals surface area (Å²) in [5, 5.41) is 19.9. The van der Waals surface area contributed by atoms with Crippen LogP contribution in [0.3, 0.4) is 0 Å². The van der Waals surface area contributed by atoms with E-state index in [9.17, 15) is 9.90 Å². The summed E-state index contributed by atoms with van der Waals surface area (Å²) in [5.41, 5.74) is 0. The molecule has 7 atom stereocenters. The van der Waals surface area contributed by atoms with E-state index in [4.69, 9.17) is 33.5 Å². The van der Waals surface area contributed by atoms with Gasteiger partial charge in [-0.3, -0.25) is 4.79 Å². The summed E-state index contributed by atoms with van der Waals surface area (Å²) in [5.74, 6) is -0.186. The summed E-state index contributed by atoms with van der Waals surface area (Å²) in [6, 6.07) is 7.99. The standard InChI is InChI=1S/C32H48O9S/c1-42-25-16-14-23(15-17-25)38-21-24(40-30-12-6-8-18-36-30)22-39-32-26(10-4-2-3-5-11-29(34)35)27(33)20-28(32)41-31-13-7-9-19-37-31/h2,4,14-17,24,26-28,30-33H,3,5-13,18-22H2,1H3,(H,34,35)/b4-2+. The van der Waals surface area contributed by atoms with Gasteiger partial charge in [0.05, 0.1) is 24.9 Å². The topological polar surface area (TPSA) is 113 Å². The third-order valence-electron chi connectivity index (χ3n) is 8.01. The molecule has 236 valence electrons. The average molecular weight is 609 g/mol. The van der Waals surface area contributed by atoms with Crippen LogP contribution in [0.1, 0.15) is 70.6 Å². The lowest BCUT2D eigenvalue weighted by molar-refractivity contribution is -0.226. The molecule has 2 N–H and O–H groups in total. The van der Waals surface area contributed by atoms with E-state index in [1.807, 2.05) is 42.7 Å². The zero-order chi connectivity index (χ0) is 29.6. The maximum Gasteiger partial charge on any atom is 0.303 e. The van der Waals surface area contributed by atoms with Gasteiger partial charge in [0.2, 0.25) is 0 Å². The molecule has 1 aliphatic carbocycles. The first-order valence-corrected chi connectivity index (χ1v) is 16.7. The van der Waals surface area contributed by atoms with E-state index in [2.05, 4.69) is 0 Å². The number of carbonyl (C=O) groups is 1. The lowest BCUT2D eigenvalue weighted by atomic mass is 9.98. The third kappa shape index (κ3) is 11.1. The van der Waals surface area contributed by atoms with E-state index in [-0.39, 0.29) is 49.8 Å². The summed E-state index contributed by atoms with van der Waals surface area (Å²) < 4.78 is 37.1. The number of carboxylic acid groups (broad SMARTS) is 1. The zero-order valence-corrected chi connectivity index (χ0v) is 25.6. The number of hydrogen-bond acceptors (Lipinski definition) is 9. The number of aliphatic hydroxyl groups is 1. The first kappa shape index (κ1) is 33.2. The van der Waals surface area contributed by atoms with Crippen molar-refractivity contribution in [1.29, 1.82) is 0 Å². The van der Waals surface area contributed by atoms with Gasteiger partial charge in [0, 0.05) is 36.9 Å². The fourth-order valence-electron chi connectivity index (χ4n) is 5.69. The van der Waals surface area contributed by atoms with Crippen LogP contribution in [0.4, 0.5) is 0 Å². The van der Waals surface area contributed by atoms with Gasteiger partial charge in [0.15, 0.2) is 12.6 Å². The predicted molar refractivity (Wildman–Crippen MR) is 160 cm³/mol. The van der Waals surface area contributed by atoms with Gasteiger partial charge in [-0.25, -0.2) is 0 Å². The van der Waals surface area contributed by atoms with E-state index in [1.165, 1.54) is 4.90 Å². The van der Waals surface area contributed by atoms with Gasteiger partial charge in [-0.1, -0.05) is 12.2 Å². The molecule has 0 amide bonds. The second kappa shape index (κ2) is 18.2. The van der Waals surface area contributed by atoms with Crippen molar-refractivity contribution in [1.82, 2.24) is 0 Å². The second-order valence-electron chi connectivity index (χ2n) is 11.3. The summed E-state index contributed by atoms with van der Waals surface area (Å²) in [6.45, 7) is 1.94. The minimum Gasteiger partial charge on any atom is -0.491 e. The number of carboxylic acids is 1. The molecule has 10 heteroatoms. The molecule has 7 unspecified atom stereocenters. The quantitative estimate of drug-likeness (QED) is 0.132. The number of benzene rings is 1. The number of unbranched alkanes of at least 4 members (excludes halogenated alkanes) is 1. The smallest absolute Gasteiger partial charge is 0.303 e. The highest BCUT2D eigenvalue weighted by molar-refractivity contribution is 7.98.